The first-order chi connectivity index (χ1) is 7.65. The van der Waals surface area contributed by atoms with Crippen LogP contribution >= 0.6 is 15.9 Å². The summed E-state index contributed by atoms with van der Waals surface area (Å²) in [6, 6.07) is 0. The van der Waals surface area contributed by atoms with Crippen molar-refractivity contribution in [3.63, 3.8) is 0 Å². The molecule has 0 aromatic rings. The fourth-order valence-corrected chi connectivity index (χ4v) is 3.22. The molecule has 0 spiro atoms. The van der Waals surface area contributed by atoms with Crippen LogP contribution in [0.25, 0.3) is 0 Å². The van der Waals surface area contributed by atoms with Crippen LogP contribution in [0.2, 0.25) is 0 Å². The highest BCUT2D eigenvalue weighted by atomic mass is 79.9. The van der Waals surface area contributed by atoms with Crippen molar-refractivity contribution in [2.45, 2.75) is 38.2 Å². The van der Waals surface area contributed by atoms with Crippen LogP contribution in [0.5, 0.6) is 0 Å². The molecule has 2 heterocycles. The fraction of sp³-hybridized carbons (Fsp3) is 0.917. The maximum Gasteiger partial charge on any atom is 0.254 e. The lowest BCUT2D eigenvalue weighted by atomic mass is 9.95. The van der Waals surface area contributed by atoms with Crippen LogP contribution in [0.4, 0.5) is 0 Å². The largest absolute Gasteiger partial charge is 0.365 e. The molecule has 1 unspecified atom stereocenters. The lowest BCUT2D eigenvalue weighted by Crippen LogP contribution is -2.49. The van der Waals surface area contributed by atoms with E-state index in [-0.39, 0.29) is 5.91 Å². The molecule has 4 heteroatoms. The van der Waals surface area contributed by atoms with Gasteiger partial charge in [0.25, 0.3) is 5.91 Å². The van der Waals surface area contributed by atoms with Crippen molar-refractivity contribution in [3.8, 4) is 0 Å². The van der Waals surface area contributed by atoms with Gasteiger partial charge < -0.3 is 9.64 Å². The van der Waals surface area contributed by atoms with Crippen molar-refractivity contribution in [2.75, 3.05) is 25.0 Å². The summed E-state index contributed by atoms with van der Waals surface area (Å²) in [5, 5.41) is 1.06. The molecule has 2 aliphatic rings. The Bertz CT molecular complexity index is 256. The summed E-state index contributed by atoms with van der Waals surface area (Å²) < 4.78 is 5.61. The summed E-state index contributed by atoms with van der Waals surface area (Å²) in [7, 11) is 0. The van der Waals surface area contributed by atoms with Gasteiger partial charge in [-0.15, -0.1) is 0 Å². The summed E-state index contributed by atoms with van der Waals surface area (Å²) in [5.41, 5.74) is -0.527. The number of hydrogen-bond donors (Lipinski definition) is 0. The average Bonchev–Trinajstić information content (AvgIpc) is 2.77. The molecule has 0 aliphatic carbocycles. The number of carbonyl (C=O) groups is 1. The van der Waals surface area contributed by atoms with Gasteiger partial charge in [0.1, 0.15) is 5.60 Å². The second-order valence-electron chi connectivity index (χ2n) is 5.07. The number of halogens is 1. The Morgan fingerprint density at radius 1 is 1.50 bits per heavy atom. The number of ether oxygens (including phenoxy) is 1. The smallest absolute Gasteiger partial charge is 0.254 e. The predicted octanol–water partition coefficient (Wildman–Crippen LogP) is 2.19. The molecule has 0 bridgehead atoms. The molecular weight excluding hydrogens is 270 g/mol. The van der Waals surface area contributed by atoms with E-state index in [9.17, 15) is 4.79 Å². The first kappa shape index (κ1) is 12.4. The molecule has 3 nitrogen and oxygen atoms in total. The Hall–Kier alpha value is -0.0900. The number of likely N-dealkylation sites (tertiary alicyclic amines) is 1. The van der Waals surface area contributed by atoms with Gasteiger partial charge in [-0.05, 0) is 38.5 Å². The van der Waals surface area contributed by atoms with Crippen molar-refractivity contribution < 1.29 is 9.53 Å². The van der Waals surface area contributed by atoms with Crippen molar-refractivity contribution >= 4 is 21.8 Å². The minimum Gasteiger partial charge on any atom is -0.365 e. The van der Waals surface area contributed by atoms with Gasteiger partial charge in [-0.2, -0.15) is 0 Å². The molecular formula is C12H20BrNO2. The molecule has 0 aromatic carbocycles. The third-order valence-electron chi connectivity index (χ3n) is 3.79. The molecule has 2 rings (SSSR count). The lowest BCUT2D eigenvalue weighted by molar-refractivity contribution is -0.152. The third kappa shape index (κ3) is 2.43. The van der Waals surface area contributed by atoms with Crippen LogP contribution in [0.1, 0.15) is 32.6 Å². The second-order valence-corrected chi connectivity index (χ2v) is 5.72. The van der Waals surface area contributed by atoms with Gasteiger partial charge in [0.15, 0.2) is 0 Å². The highest BCUT2D eigenvalue weighted by Gasteiger charge is 2.41. The SMILES string of the molecule is CC1(C(=O)N2CCC(CBr)CC2)CCCO1. The highest BCUT2D eigenvalue weighted by Crippen LogP contribution is 2.29. The van der Waals surface area contributed by atoms with E-state index in [4.69, 9.17) is 4.74 Å². The maximum atomic E-state index is 12.3. The van der Waals surface area contributed by atoms with Crippen molar-refractivity contribution in [1.29, 1.82) is 0 Å². The van der Waals surface area contributed by atoms with Gasteiger partial charge in [0.2, 0.25) is 0 Å². The number of nitrogens with zero attached hydrogens (tertiary/aromatic N) is 1. The summed E-state index contributed by atoms with van der Waals surface area (Å²) in [4.78, 5) is 14.3. The van der Waals surface area contributed by atoms with Gasteiger partial charge in [-0.3, -0.25) is 4.79 Å². The summed E-state index contributed by atoms with van der Waals surface area (Å²) in [6.45, 7) is 4.47. The molecule has 1 atom stereocenters. The van der Waals surface area contributed by atoms with Crippen LogP contribution in [0.3, 0.4) is 0 Å². The van der Waals surface area contributed by atoms with Crippen LogP contribution in [0.15, 0.2) is 0 Å². The molecule has 0 radical (unpaired) electrons. The minimum absolute atomic E-state index is 0.207. The number of rotatable bonds is 2. The average molecular weight is 290 g/mol. The van der Waals surface area contributed by atoms with E-state index in [1.54, 1.807) is 0 Å². The molecule has 1 amide bonds. The van der Waals surface area contributed by atoms with E-state index in [1.807, 2.05) is 11.8 Å². The van der Waals surface area contributed by atoms with E-state index in [2.05, 4.69) is 15.9 Å². The van der Waals surface area contributed by atoms with Crippen LogP contribution in [-0.2, 0) is 9.53 Å². The quantitative estimate of drug-likeness (QED) is 0.730. The molecule has 2 fully saturated rings. The number of hydrogen-bond acceptors (Lipinski definition) is 2. The zero-order valence-electron chi connectivity index (χ0n) is 9.88. The molecule has 0 saturated carbocycles. The molecule has 16 heavy (non-hydrogen) atoms. The van der Waals surface area contributed by atoms with Crippen LogP contribution in [-0.4, -0.2) is 41.4 Å². The van der Waals surface area contributed by atoms with Crippen molar-refractivity contribution in [3.05, 3.63) is 0 Å². The lowest BCUT2D eigenvalue weighted by Gasteiger charge is -2.36. The van der Waals surface area contributed by atoms with Gasteiger partial charge in [0, 0.05) is 25.0 Å². The molecule has 92 valence electrons. The fourth-order valence-electron chi connectivity index (χ4n) is 2.57. The van der Waals surface area contributed by atoms with E-state index in [1.165, 1.54) is 0 Å². The van der Waals surface area contributed by atoms with Crippen molar-refractivity contribution in [2.24, 2.45) is 5.92 Å². The number of piperidine rings is 1. The van der Waals surface area contributed by atoms with Gasteiger partial charge in [-0.1, -0.05) is 15.9 Å². The third-order valence-corrected chi connectivity index (χ3v) is 4.71. The monoisotopic (exact) mass is 289 g/mol. The Kier molecular flexibility index (Phi) is 3.90. The van der Waals surface area contributed by atoms with E-state index >= 15 is 0 Å². The highest BCUT2D eigenvalue weighted by molar-refractivity contribution is 9.09. The molecule has 2 saturated heterocycles. The Morgan fingerprint density at radius 3 is 2.69 bits per heavy atom. The second kappa shape index (κ2) is 5.05. The number of amides is 1. The van der Waals surface area contributed by atoms with E-state index in [0.29, 0.717) is 0 Å². The zero-order chi connectivity index (χ0) is 11.6. The van der Waals surface area contributed by atoms with Crippen LogP contribution in [0, 0.1) is 5.92 Å². The first-order valence-corrected chi connectivity index (χ1v) is 7.27. The Balaban J connectivity index is 1.91. The topological polar surface area (TPSA) is 29.5 Å². The molecule has 0 aromatic heterocycles. The molecule has 0 N–H and O–H groups in total. The van der Waals surface area contributed by atoms with E-state index in [0.717, 1.165) is 56.6 Å². The molecule has 2 aliphatic heterocycles. The maximum absolute atomic E-state index is 12.3. The summed E-state index contributed by atoms with van der Waals surface area (Å²) in [6.07, 6.45) is 4.13. The first-order valence-electron chi connectivity index (χ1n) is 6.15. The standard InChI is InChI=1S/C12H20BrNO2/c1-12(5-2-8-16-12)11(15)14-6-3-10(9-13)4-7-14/h10H,2-9H2,1H3. The zero-order valence-corrected chi connectivity index (χ0v) is 11.5. The number of carbonyl (C=O) groups excluding carboxylic acids is 1. The van der Waals surface area contributed by atoms with Crippen molar-refractivity contribution in [1.82, 2.24) is 4.90 Å². The number of alkyl halides is 1. The minimum atomic E-state index is -0.527. The Labute approximate surface area is 106 Å². The Morgan fingerprint density at radius 2 is 2.19 bits per heavy atom. The summed E-state index contributed by atoms with van der Waals surface area (Å²) in [5.74, 6) is 0.944. The summed E-state index contributed by atoms with van der Waals surface area (Å²) >= 11 is 3.52. The normalized spacial score (nSPS) is 32.0. The van der Waals surface area contributed by atoms with Gasteiger partial charge >= 0.3 is 0 Å². The van der Waals surface area contributed by atoms with Gasteiger partial charge in [-0.25, -0.2) is 0 Å². The van der Waals surface area contributed by atoms with E-state index < -0.39 is 5.60 Å². The van der Waals surface area contributed by atoms with Crippen LogP contribution < -0.4 is 0 Å². The predicted molar refractivity (Wildman–Crippen MR) is 66.7 cm³/mol. The van der Waals surface area contributed by atoms with Gasteiger partial charge in [0.05, 0.1) is 0 Å².